The number of hydrogen-bond acceptors (Lipinski definition) is 4. The fourth-order valence-corrected chi connectivity index (χ4v) is 3.85. The van der Waals surface area contributed by atoms with Crippen LogP contribution in [0.2, 0.25) is 0 Å². The molecule has 1 aromatic heterocycles. The van der Waals surface area contributed by atoms with Crippen LogP contribution in [0, 0.1) is 12.8 Å². The molecule has 1 aliphatic rings. The number of hydrogen-bond donors (Lipinski definition) is 1. The van der Waals surface area contributed by atoms with Crippen LogP contribution in [0.25, 0.3) is 0 Å². The second-order valence-corrected chi connectivity index (χ2v) is 8.09. The molecule has 1 fully saturated rings. The molecule has 32 heavy (non-hydrogen) atoms. The molecule has 0 spiro atoms. The van der Waals surface area contributed by atoms with Gasteiger partial charge in [0.2, 0.25) is 5.91 Å². The van der Waals surface area contributed by atoms with E-state index in [0.717, 1.165) is 18.4 Å². The third-order valence-corrected chi connectivity index (χ3v) is 5.63. The van der Waals surface area contributed by atoms with E-state index in [1.807, 2.05) is 67.7 Å². The Hall–Kier alpha value is -3.61. The number of carbonyl (C=O) groups is 2. The molecule has 2 heterocycles. The lowest BCUT2D eigenvalue weighted by atomic mass is 9.96. The number of rotatable bonds is 7. The van der Waals surface area contributed by atoms with Crippen molar-refractivity contribution in [2.75, 3.05) is 25.0 Å². The van der Waals surface area contributed by atoms with Gasteiger partial charge in [-0.2, -0.15) is 5.10 Å². The number of aryl methyl sites for hydroxylation is 1. The van der Waals surface area contributed by atoms with Crippen molar-refractivity contribution in [2.45, 2.75) is 26.3 Å². The van der Waals surface area contributed by atoms with Crippen molar-refractivity contribution < 1.29 is 14.3 Å². The maximum absolute atomic E-state index is 12.9. The molecule has 166 valence electrons. The second-order valence-electron chi connectivity index (χ2n) is 8.09. The topological polar surface area (TPSA) is 76.5 Å². The molecule has 1 aliphatic heterocycles. The number of aromatic nitrogens is 2. The molecule has 0 bridgehead atoms. The lowest BCUT2D eigenvalue weighted by molar-refractivity contribution is -0.121. The van der Waals surface area contributed by atoms with Gasteiger partial charge in [0.25, 0.3) is 5.91 Å². The van der Waals surface area contributed by atoms with Gasteiger partial charge in [-0.25, -0.2) is 0 Å². The number of piperidine rings is 1. The van der Waals surface area contributed by atoms with E-state index in [-0.39, 0.29) is 17.7 Å². The number of ether oxygens (including phenoxy) is 1. The summed E-state index contributed by atoms with van der Waals surface area (Å²) in [6.07, 6.45) is 5.20. The van der Waals surface area contributed by atoms with E-state index in [4.69, 9.17) is 4.74 Å². The highest BCUT2D eigenvalue weighted by atomic mass is 16.5. The van der Waals surface area contributed by atoms with Gasteiger partial charge in [0.1, 0.15) is 12.4 Å². The summed E-state index contributed by atoms with van der Waals surface area (Å²) in [5.74, 6) is 0.368. The Bertz CT molecular complexity index is 1050. The summed E-state index contributed by atoms with van der Waals surface area (Å²) >= 11 is 0. The van der Waals surface area contributed by atoms with Crippen LogP contribution in [0.1, 0.15) is 28.8 Å². The zero-order valence-electron chi connectivity index (χ0n) is 18.2. The average Bonchev–Trinajstić information content (AvgIpc) is 3.33. The average molecular weight is 433 g/mol. The summed E-state index contributed by atoms with van der Waals surface area (Å²) in [4.78, 5) is 27.5. The first-order valence-corrected chi connectivity index (χ1v) is 11.0. The number of nitrogens with one attached hydrogen (secondary N) is 1. The Labute approximate surface area is 188 Å². The molecular weight excluding hydrogens is 404 g/mol. The molecular formula is C25H28N4O3. The maximum atomic E-state index is 12.9. The molecule has 1 N–H and O–H groups in total. The molecule has 1 atom stereocenters. The Morgan fingerprint density at radius 3 is 2.78 bits per heavy atom. The Morgan fingerprint density at radius 1 is 1.16 bits per heavy atom. The third kappa shape index (κ3) is 5.55. The predicted molar refractivity (Wildman–Crippen MR) is 123 cm³/mol. The quantitative estimate of drug-likeness (QED) is 0.617. The highest BCUT2D eigenvalue weighted by molar-refractivity contribution is 5.96. The molecule has 2 aromatic carbocycles. The van der Waals surface area contributed by atoms with Crippen molar-refractivity contribution in [3.8, 4) is 5.75 Å². The zero-order valence-corrected chi connectivity index (χ0v) is 18.2. The van der Waals surface area contributed by atoms with E-state index in [1.54, 1.807) is 15.8 Å². The minimum absolute atomic E-state index is 0.0184. The van der Waals surface area contributed by atoms with Crippen molar-refractivity contribution in [1.82, 2.24) is 14.7 Å². The van der Waals surface area contributed by atoms with Crippen molar-refractivity contribution in [2.24, 2.45) is 5.92 Å². The van der Waals surface area contributed by atoms with Gasteiger partial charge in [-0.1, -0.05) is 23.8 Å². The molecule has 0 radical (unpaired) electrons. The number of nitrogens with zero attached hydrogens (tertiary/aromatic N) is 3. The SMILES string of the molecule is Cc1ccc(C(=O)N2CCCC(C(=O)Nc3cccc(OCCn4cccn4)c3)C2)cc1. The standard InChI is InChI=1S/C25H28N4O3/c1-19-8-10-20(11-9-19)25(31)28-13-3-5-21(18-28)24(30)27-22-6-2-7-23(17-22)32-16-15-29-14-4-12-26-29/h2,4,6-12,14,17,21H,3,5,13,15-16,18H2,1H3,(H,27,30). The molecule has 7 nitrogen and oxygen atoms in total. The first kappa shape index (κ1) is 21.6. The Morgan fingerprint density at radius 2 is 2.00 bits per heavy atom. The van der Waals surface area contributed by atoms with Crippen molar-refractivity contribution in [1.29, 1.82) is 0 Å². The summed E-state index contributed by atoms with van der Waals surface area (Å²) in [5, 5.41) is 7.14. The van der Waals surface area contributed by atoms with Gasteiger partial charge in [0, 0.05) is 42.8 Å². The molecule has 2 amide bonds. The van der Waals surface area contributed by atoms with Gasteiger partial charge in [0.05, 0.1) is 12.5 Å². The molecule has 0 aliphatic carbocycles. The number of likely N-dealkylation sites (tertiary alicyclic amines) is 1. The van der Waals surface area contributed by atoms with Crippen molar-refractivity contribution >= 4 is 17.5 Å². The molecule has 7 heteroatoms. The lowest BCUT2D eigenvalue weighted by Gasteiger charge is -2.32. The van der Waals surface area contributed by atoms with Gasteiger partial charge < -0.3 is 15.0 Å². The third-order valence-electron chi connectivity index (χ3n) is 5.63. The van der Waals surface area contributed by atoms with Gasteiger partial charge >= 0.3 is 0 Å². The largest absolute Gasteiger partial charge is 0.492 e. The van der Waals surface area contributed by atoms with Gasteiger partial charge in [-0.3, -0.25) is 14.3 Å². The molecule has 4 rings (SSSR count). The number of carbonyl (C=O) groups excluding carboxylic acids is 2. The van der Waals surface area contributed by atoms with Crippen LogP contribution in [0.15, 0.2) is 67.0 Å². The lowest BCUT2D eigenvalue weighted by Crippen LogP contribution is -2.43. The highest BCUT2D eigenvalue weighted by Crippen LogP contribution is 2.22. The van der Waals surface area contributed by atoms with E-state index in [1.165, 1.54) is 0 Å². The maximum Gasteiger partial charge on any atom is 0.253 e. The normalized spacial score (nSPS) is 15.9. The van der Waals surface area contributed by atoms with E-state index >= 15 is 0 Å². The number of benzene rings is 2. The van der Waals surface area contributed by atoms with Crippen LogP contribution in [-0.2, 0) is 11.3 Å². The minimum atomic E-state index is -0.234. The van der Waals surface area contributed by atoms with Crippen molar-refractivity contribution in [3.63, 3.8) is 0 Å². The monoisotopic (exact) mass is 432 g/mol. The summed E-state index contributed by atoms with van der Waals surface area (Å²) in [7, 11) is 0. The van der Waals surface area contributed by atoms with Gasteiger partial charge in [-0.15, -0.1) is 0 Å². The number of amides is 2. The summed E-state index contributed by atoms with van der Waals surface area (Å²) in [6.45, 7) is 4.23. The van der Waals surface area contributed by atoms with Crippen LogP contribution in [0.3, 0.4) is 0 Å². The Balaban J connectivity index is 1.32. The first-order valence-electron chi connectivity index (χ1n) is 11.0. The van der Waals surface area contributed by atoms with Crippen LogP contribution in [0.5, 0.6) is 5.75 Å². The van der Waals surface area contributed by atoms with Crippen LogP contribution >= 0.6 is 0 Å². The molecule has 1 saturated heterocycles. The highest BCUT2D eigenvalue weighted by Gasteiger charge is 2.29. The van der Waals surface area contributed by atoms with E-state index in [9.17, 15) is 9.59 Å². The summed E-state index contributed by atoms with van der Waals surface area (Å²) < 4.78 is 7.59. The molecule has 1 unspecified atom stereocenters. The van der Waals surface area contributed by atoms with Crippen LogP contribution in [0.4, 0.5) is 5.69 Å². The zero-order chi connectivity index (χ0) is 22.3. The van der Waals surface area contributed by atoms with Crippen LogP contribution in [-0.4, -0.2) is 46.2 Å². The fourth-order valence-electron chi connectivity index (χ4n) is 3.85. The summed E-state index contributed by atoms with van der Waals surface area (Å²) in [5.41, 5.74) is 2.47. The molecule has 3 aromatic rings. The first-order chi connectivity index (χ1) is 15.6. The smallest absolute Gasteiger partial charge is 0.253 e. The van der Waals surface area contributed by atoms with E-state index < -0.39 is 0 Å². The van der Waals surface area contributed by atoms with Gasteiger partial charge in [-0.05, 0) is 50.1 Å². The van der Waals surface area contributed by atoms with Crippen molar-refractivity contribution in [3.05, 3.63) is 78.1 Å². The summed E-state index contributed by atoms with van der Waals surface area (Å²) in [6, 6.07) is 16.8. The van der Waals surface area contributed by atoms with E-state index in [0.29, 0.717) is 43.2 Å². The number of anilines is 1. The second kappa shape index (κ2) is 10.1. The van der Waals surface area contributed by atoms with Crippen LogP contribution < -0.4 is 10.1 Å². The molecule has 0 saturated carbocycles. The Kier molecular flexibility index (Phi) is 6.84. The van der Waals surface area contributed by atoms with Gasteiger partial charge in [0.15, 0.2) is 0 Å². The van der Waals surface area contributed by atoms with E-state index in [2.05, 4.69) is 10.4 Å². The predicted octanol–water partition coefficient (Wildman–Crippen LogP) is 3.76. The fraction of sp³-hybridized carbons (Fsp3) is 0.320. The minimum Gasteiger partial charge on any atom is -0.492 e.